The van der Waals surface area contributed by atoms with Gasteiger partial charge in [0.1, 0.15) is 0 Å². The Bertz CT molecular complexity index is 591. The van der Waals surface area contributed by atoms with Gasteiger partial charge >= 0.3 is 6.18 Å². The molecule has 0 saturated carbocycles. The summed E-state index contributed by atoms with van der Waals surface area (Å²) < 4.78 is 37.7. The Labute approximate surface area is 120 Å². The van der Waals surface area contributed by atoms with E-state index in [1.165, 1.54) is 12.1 Å². The number of halogens is 4. The molecule has 2 rings (SSSR count). The maximum Gasteiger partial charge on any atom is 0.416 e. The second-order valence-electron chi connectivity index (χ2n) is 4.41. The van der Waals surface area contributed by atoms with Crippen molar-refractivity contribution in [1.82, 2.24) is 5.32 Å². The first kappa shape index (κ1) is 14.9. The largest absolute Gasteiger partial charge is 0.416 e. The van der Waals surface area contributed by atoms with Crippen LogP contribution in [0.3, 0.4) is 0 Å². The Morgan fingerprint density at radius 2 is 1.70 bits per heavy atom. The van der Waals surface area contributed by atoms with Crippen molar-refractivity contribution < 1.29 is 13.2 Å². The van der Waals surface area contributed by atoms with E-state index in [4.69, 9.17) is 11.6 Å². The first-order chi connectivity index (χ1) is 9.41. The van der Waals surface area contributed by atoms with Gasteiger partial charge in [-0.15, -0.1) is 0 Å². The number of alkyl halides is 3. The summed E-state index contributed by atoms with van der Waals surface area (Å²) in [7, 11) is 1.81. The van der Waals surface area contributed by atoms with Crippen molar-refractivity contribution in [3.05, 3.63) is 58.6 Å². The first-order valence-corrected chi connectivity index (χ1v) is 6.40. The summed E-state index contributed by atoms with van der Waals surface area (Å²) in [5.41, 5.74) is 1.88. The molecule has 0 heterocycles. The van der Waals surface area contributed by atoms with E-state index >= 15 is 0 Å². The molecule has 2 aromatic carbocycles. The highest BCUT2D eigenvalue weighted by Crippen LogP contribution is 2.32. The van der Waals surface area contributed by atoms with Crippen LogP contribution in [0, 0.1) is 0 Å². The lowest BCUT2D eigenvalue weighted by Crippen LogP contribution is -2.07. The van der Waals surface area contributed by atoms with Gasteiger partial charge < -0.3 is 5.32 Å². The fourth-order valence-electron chi connectivity index (χ4n) is 2.00. The Morgan fingerprint density at radius 1 is 1.05 bits per heavy atom. The standard InChI is InChI=1S/C15H13ClF3N/c1-20-9-11-4-7-13(16)8-14(11)10-2-5-12(6-3-10)15(17,18)19/h2-8,20H,9H2,1H3. The minimum absolute atomic E-state index is 0.555. The van der Waals surface area contributed by atoms with E-state index in [-0.39, 0.29) is 0 Å². The van der Waals surface area contributed by atoms with Gasteiger partial charge in [-0.25, -0.2) is 0 Å². The fourth-order valence-corrected chi connectivity index (χ4v) is 2.17. The summed E-state index contributed by atoms with van der Waals surface area (Å²) in [4.78, 5) is 0. The average Bonchev–Trinajstić information content (AvgIpc) is 2.40. The fraction of sp³-hybridized carbons (Fsp3) is 0.200. The number of rotatable bonds is 3. The van der Waals surface area contributed by atoms with E-state index < -0.39 is 11.7 Å². The van der Waals surface area contributed by atoms with Gasteiger partial charge in [-0.2, -0.15) is 13.2 Å². The molecule has 0 bridgehead atoms. The monoisotopic (exact) mass is 299 g/mol. The van der Waals surface area contributed by atoms with E-state index in [0.717, 1.165) is 23.3 Å². The van der Waals surface area contributed by atoms with Crippen LogP contribution in [0.5, 0.6) is 0 Å². The van der Waals surface area contributed by atoms with Gasteiger partial charge in [-0.1, -0.05) is 29.8 Å². The van der Waals surface area contributed by atoms with Crippen LogP contribution >= 0.6 is 11.6 Å². The molecular weight excluding hydrogens is 287 g/mol. The molecule has 0 aromatic heterocycles. The van der Waals surface area contributed by atoms with Gasteiger partial charge in [0.2, 0.25) is 0 Å². The molecule has 5 heteroatoms. The molecule has 106 valence electrons. The topological polar surface area (TPSA) is 12.0 Å². The van der Waals surface area contributed by atoms with E-state index in [1.807, 2.05) is 13.1 Å². The van der Waals surface area contributed by atoms with Crippen LogP contribution in [0.1, 0.15) is 11.1 Å². The third kappa shape index (κ3) is 3.32. The first-order valence-electron chi connectivity index (χ1n) is 6.02. The van der Waals surface area contributed by atoms with Crippen molar-refractivity contribution in [2.75, 3.05) is 7.05 Å². The molecule has 1 N–H and O–H groups in total. The Balaban J connectivity index is 2.43. The molecule has 2 aromatic rings. The minimum Gasteiger partial charge on any atom is -0.316 e. The molecule has 1 nitrogen and oxygen atoms in total. The van der Waals surface area contributed by atoms with Crippen LogP contribution < -0.4 is 5.32 Å². The van der Waals surface area contributed by atoms with Crippen molar-refractivity contribution in [3.63, 3.8) is 0 Å². The molecule has 20 heavy (non-hydrogen) atoms. The van der Waals surface area contributed by atoms with Crippen molar-refractivity contribution in [3.8, 4) is 11.1 Å². The molecule has 0 spiro atoms. The van der Waals surface area contributed by atoms with E-state index in [9.17, 15) is 13.2 Å². The Hall–Kier alpha value is -1.52. The molecule has 0 aliphatic carbocycles. The quantitative estimate of drug-likeness (QED) is 0.863. The lowest BCUT2D eigenvalue weighted by atomic mass is 9.98. The van der Waals surface area contributed by atoms with E-state index in [0.29, 0.717) is 17.1 Å². The predicted octanol–water partition coefficient (Wildman–Crippen LogP) is 4.75. The van der Waals surface area contributed by atoms with Gasteiger partial charge in [0.15, 0.2) is 0 Å². The van der Waals surface area contributed by atoms with Crippen LogP contribution in [0.25, 0.3) is 11.1 Å². The molecule has 0 unspecified atom stereocenters. The molecule has 0 amide bonds. The van der Waals surface area contributed by atoms with Crippen LogP contribution in [0.2, 0.25) is 5.02 Å². The minimum atomic E-state index is -4.32. The molecule has 0 radical (unpaired) electrons. The van der Waals surface area contributed by atoms with Crippen LogP contribution in [-0.2, 0) is 12.7 Å². The molecule has 0 aliphatic rings. The van der Waals surface area contributed by atoms with Gasteiger partial charge in [0, 0.05) is 11.6 Å². The molecule has 0 saturated heterocycles. The summed E-state index contributed by atoms with van der Waals surface area (Å²) in [6, 6.07) is 10.5. The smallest absolute Gasteiger partial charge is 0.316 e. The summed E-state index contributed by atoms with van der Waals surface area (Å²) >= 11 is 5.97. The lowest BCUT2D eigenvalue weighted by molar-refractivity contribution is -0.137. The van der Waals surface area contributed by atoms with Crippen LogP contribution in [-0.4, -0.2) is 7.05 Å². The van der Waals surface area contributed by atoms with Crippen molar-refractivity contribution in [1.29, 1.82) is 0 Å². The third-order valence-electron chi connectivity index (χ3n) is 2.96. The number of benzene rings is 2. The van der Waals surface area contributed by atoms with Gasteiger partial charge in [0.05, 0.1) is 5.56 Å². The zero-order valence-electron chi connectivity index (χ0n) is 10.8. The highest BCUT2D eigenvalue weighted by molar-refractivity contribution is 6.30. The van der Waals surface area contributed by atoms with Gasteiger partial charge in [0.25, 0.3) is 0 Å². The third-order valence-corrected chi connectivity index (χ3v) is 3.20. The molecule has 0 fully saturated rings. The van der Waals surface area contributed by atoms with Crippen molar-refractivity contribution >= 4 is 11.6 Å². The van der Waals surface area contributed by atoms with E-state index in [1.54, 1.807) is 12.1 Å². The van der Waals surface area contributed by atoms with E-state index in [2.05, 4.69) is 5.32 Å². The summed E-state index contributed by atoms with van der Waals surface area (Å²) in [5, 5.41) is 3.58. The summed E-state index contributed by atoms with van der Waals surface area (Å²) in [6.07, 6.45) is -4.32. The zero-order valence-corrected chi connectivity index (χ0v) is 11.5. The molecule has 0 atom stereocenters. The summed E-state index contributed by atoms with van der Waals surface area (Å²) in [6.45, 7) is 0.619. The Morgan fingerprint density at radius 3 is 2.25 bits per heavy atom. The maximum atomic E-state index is 12.6. The van der Waals surface area contributed by atoms with Crippen molar-refractivity contribution in [2.45, 2.75) is 12.7 Å². The predicted molar refractivity (Wildman–Crippen MR) is 74.7 cm³/mol. The molecule has 0 aliphatic heterocycles. The Kier molecular flexibility index (Phi) is 4.35. The highest BCUT2D eigenvalue weighted by Gasteiger charge is 2.30. The SMILES string of the molecule is CNCc1ccc(Cl)cc1-c1ccc(C(F)(F)F)cc1. The maximum absolute atomic E-state index is 12.6. The second kappa shape index (κ2) is 5.85. The zero-order chi connectivity index (χ0) is 14.8. The normalized spacial score (nSPS) is 11.7. The van der Waals surface area contributed by atoms with Crippen LogP contribution in [0.4, 0.5) is 13.2 Å². The lowest BCUT2D eigenvalue weighted by Gasteiger charge is -2.12. The van der Waals surface area contributed by atoms with Gasteiger partial charge in [-0.3, -0.25) is 0 Å². The molecular formula is C15H13ClF3N. The van der Waals surface area contributed by atoms with Crippen LogP contribution in [0.15, 0.2) is 42.5 Å². The highest BCUT2D eigenvalue weighted by atomic mass is 35.5. The van der Waals surface area contributed by atoms with Crippen molar-refractivity contribution in [2.24, 2.45) is 0 Å². The van der Waals surface area contributed by atoms with Gasteiger partial charge in [-0.05, 0) is 48.0 Å². The summed E-state index contributed by atoms with van der Waals surface area (Å²) in [5.74, 6) is 0. The average molecular weight is 300 g/mol. The number of hydrogen-bond acceptors (Lipinski definition) is 1. The number of hydrogen-bond donors (Lipinski definition) is 1. The second-order valence-corrected chi connectivity index (χ2v) is 4.84. The number of nitrogens with one attached hydrogen (secondary N) is 1.